The molecule has 9 heteroatoms. The van der Waals surface area contributed by atoms with E-state index in [9.17, 15) is 14.0 Å². The van der Waals surface area contributed by atoms with Gasteiger partial charge in [-0.2, -0.15) is 0 Å². The van der Waals surface area contributed by atoms with Crippen molar-refractivity contribution in [3.8, 4) is 0 Å². The van der Waals surface area contributed by atoms with Crippen LogP contribution in [0.2, 0.25) is 0 Å². The third-order valence-corrected chi connectivity index (χ3v) is 6.64. The molecule has 1 aromatic heterocycles. The third kappa shape index (κ3) is 4.77. The first-order valence-corrected chi connectivity index (χ1v) is 11.0. The molecular formula is C20H24FN5O2S. The van der Waals surface area contributed by atoms with Gasteiger partial charge >= 0.3 is 0 Å². The molecular weight excluding hydrogens is 393 g/mol. The van der Waals surface area contributed by atoms with Crippen LogP contribution in [0.5, 0.6) is 0 Å². The number of carbonyl (C=O) groups excluding carboxylic acids is 2. The Kier molecular flexibility index (Phi) is 6.13. The summed E-state index contributed by atoms with van der Waals surface area (Å²) in [5, 5.41) is 13.9. The van der Waals surface area contributed by atoms with Crippen LogP contribution in [0.1, 0.15) is 36.5 Å². The smallest absolute Gasteiger partial charge is 0.243 e. The van der Waals surface area contributed by atoms with Gasteiger partial charge in [-0.25, -0.2) is 4.39 Å². The molecule has 1 fully saturated rings. The Balaban J connectivity index is 1.29. The molecule has 7 nitrogen and oxygen atoms in total. The molecule has 4 rings (SSSR count). The van der Waals surface area contributed by atoms with Gasteiger partial charge in [-0.05, 0) is 37.0 Å². The lowest BCUT2D eigenvalue weighted by Gasteiger charge is -2.28. The lowest BCUT2D eigenvalue weighted by Crippen LogP contribution is -2.54. The summed E-state index contributed by atoms with van der Waals surface area (Å²) in [5.74, 6) is 1.58. The number of nitrogens with zero attached hydrogens (tertiary/aromatic N) is 3. The lowest BCUT2D eigenvalue weighted by molar-refractivity contribution is -0.128. The van der Waals surface area contributed by atoms with Crippen molar-refractivity contribution in [2.75, 3.05) is 5.75 Å². The molecule has 1 aromatic carbocycles. The molecule has 2 aromatic rings. The van der Waals surface area contributed by atoms with E-state index in [1.54, 1.807) is 12.1 Å². The molecule has 154 valence electrons. The van der Waals surface area contributed by atoms with Crippen molar-refractivity contribution in [2.24, 2.45) is 0 Å². The van der Waals surface area contributed by atoms with Crippen LogP contribution in [0.4, 0.5) is 4.39 Å². The lowest BCUT2D eigenvalue weighted by atomic mass is 10.1. The van der Waals surface area contributed by atoms with E-state index in [0.29, 0.717) is 18.7 Å². The van der Waals surface area contributed by atoms with Crippen LogP contribution in [0.15, 0.2) is 24.3 Å². The maximum Gasteiger partial charge on any atom is 0.243 e. The van der Waals surface area contributed by atoms with Gasteiger partial charge in [0.1, 0.15) is 17.7 Å². The van der Waals surface area contributed by atoms with Crippen LogP contribution in [0.25, 0.3) is 0 Å². The standard InChI is InChI=1S/C20H24FN5O2S/c21-14-7-5-13(6-8-14)10-16-20(28)23-15(12-29-16)19(27)22-11-18-25-24-17-4-2-1-3-9-26(17)18/h5-8,15-16H,1-4,9-12H2,(H,22,27)(H,23,28). The summed E-state index contributed by atoms with van der Waals surface area (Å²) in [7, 11) is 0. The monoisotopic (exact) mass is 417 g/mol. The number of aromatic nitrogens is 3. The summed E-state index contributed by atoms with van der Waals surface area (Å²) < 4.78 is 15.1. The predicted octanol–water partition coefficient (Wildman–Crippen LogP) is 1.60. The Bertz CT molecular complexity index is 885. The van der Waals surface area contributed by atoms with Gasteiger partial charge in [-0.15, -0.1) is 22.0 Å². The fraction of sp³-hybridized carbons (Fsp3) is 0.500. The first-order valence-electron chi connectivity index (χ1n) is 9.95. The summed E-state index contributed by atoms with van der Waals surface area (Å²) in [4.78, 5) is 25.0. The quantitative estimate of drug-likeness (QED) is 0.772. The van der Waals surface area contributed by atoms with E-state index in [0.717, 1.165) is 43.0 Å². The molecule has 2 aliphatic rings. The fourth-order valence-corrected chi connectivity index (χ4v) is 4.88. The summed E-state index contributed by atoms with van der Waals surface area (Å²) in [6.45, 7) is 1.19. The number of halogens is 1. The van der Waals surface area contributed by atoms with Gasteiger partial charge in [-0.3, -0.25) is 9.59 Å². The number of benzene rings is 1. The minimum Gasteiger partial charge on any atom is -0.347 e. The zero-order valence-corrected chi connectivity index (χ0v) is 16.9. The van der Waals surface area contributed by atoms with E-state index < -0.39 is 6.04 Å². The van der Waals surface area contributed by atoms with Crippen LogP contribution < -0.4 is 10.6 Å². The Morgan fingerprint density at radius 2 is 2.07 bits per heavy atom. The Morgan fingerprint density at radius 1 is 1.24 bits per heavy atom. The molecule has 0 aliphatic carbocycles. The Hall–Kier alpha value is -2.42. The second-order valence-corrected chi connectivity index (χ2v) is 8.66. The number of carbonyl (C=O) groups is 2. The van der Waals surface area contributed by atoms with Crippen molar-refractivity contribution in [1.82, 2.24) is 25.4 Å². The third-order valence-electron chi connectivity index (χ3n) is 5.33. The normalized spacial score (nSPS) is 21.8. The average molecular weight is 418 g/mol. The van der Waals surface area contributed by atoms with E-state index in [1.165, 1.54) is 30.3 Å². The first kappa shape index (κ1) is 19.9. The number of hydrogen-bond donors (Lipinski definition) is 2. The highest BCUT2D eigenvalue weighted by Gasteiger charge is 2.32. The van der Waals surface area contributed by atoms with Crippen molar-refractivity contribution in [1.29, 1.82) is 0 Å². The maximum atomic E-state index is 13.0. The highest BCUT2D eigenvalue weighted by molar-refractivity contribution is 8.00. The van der Waals surface area contributed by atoms with Crippen molar-refractivity contribution >= 4 is 23.6 Å². The van der Waals surface area contributed by atoms with Gasteiger partial charge in [-0.1, -0.05) is 18.6 Å². The number of rotatable bonds is 5. The fourth-order valence-electron chi connectivity index (χ4n) is 3.69. The SMILES string of the molecule is O=C(NCc1nnc2n1CCCCC2)C1CSC(Cc2ccc(F)cc2)C(=O)N1. The van der Waals surface area contributed by atoms with Gasteiger partial charge in [0.2, 0.25) is 11.8 Å². The summed E-state index contributed by atoms with van der Waals surface area (Å²) in [6, 6.07) is 5.58. The average Bonchev–Trinajstić information content (AvgIpc) is 2.95. The van der Waals surface area contributed by atoms with E-state index >= 15 is 0 Å². The van der Waals surface area contributed by atoms with Crippen LogP contribution >= 0.6 is 11.8 Å². The molecule has 2 atom stereocenters. The van der Waals surface area contributed by atoms with Crippen molar-refractivity contribution in [3.63, 3.8) is 0 Å². The van der Waals surface area contributed by atoms with Crippen LogP contribution in [0, 0.1) is 5.82 Å². The van der Waals surface area contributed by atoms with Gasteiger partial charge in [0.05, 0.1) is 11.8 Å². The van der Waals surface area contributed by atoms with Gasteiger partial charge < -0.3 is 15.2 Å². The maximum absolute atomic E-state index is 13.0. The number of thioether (sulfide) groups is 1. The van der Waals surface area contributed by atoms with E-state index in [4.69, 9.17) is 0 Å². The highest BCUT2D eigenvalue weighted by atomic mass is 32.2. The molecule has 0 bridgehead atoms. The van der Waals surface area contributed by atoms with Gasteiger partial charge in [0.15, 0.2) is 5.82 Å². The van der Waals surface area contributed by atoms with Crippen LogP contribution in [-0.2, 0) is 35.5 Å². The summed E-state index contributed by atoms with van der Waals surface area (Å²) >= 11 is 1.46. The largest absolute Gasteiger partial charge is 0.347 e. The molecule has 3 heterocycles. The highest BCUT2D eigenvalue weighted by Crippen LogP contribution is 2.22. The Labute approximate surface area is 172 Å². The molecule has 0 spiro atoms. The topological polar surface area (TPSA) is 88.9 Å². The van der Waals surface area contributed by atoms with Crippen LogP contribution in [-0.4, -0.2) is 43.6 Å². The molecule has 1 saturated heterocycles. The number of nitrogens with one attached hydrogen (secondary N) is 2. The zero-order valence-electron chi connectivity index (χ0n) is 16.1. The first-order chi connectivity index (χ1) is 14.1. The minimum atomic E-state index is -0.566. The molecule has 2 amide bonds. The number of hydrogen-bond acceptors (Lipinski definition) is 5. The van der Waals surface area contributed by atoms with E-state index in [1.807, 2.05) is 0 Å². The van der Waals surface area contributed by atoms with E-state index in [-0.39, 0.29) is 22.9 Å². The zero-order chi connectivity index (χ0) is 20.2. The predicted molar refractivity (Wildman–Crippen MR) is 108 cm³/mol. The summed E-state index contributed by atoms with van der Waals surface area (Å²) in [6.07, 6.45) is 4.83. The van der Waals surface area contributed by atoms with Crippen LogP contribution in [0.3, 0.4) is 0 Å². The molecule has 0 saturated carbocycles. The molecule has 2 unspecified atom stereocenters. The number of aryl methyl sites for hydroxylation is 1. The number of fused-ring (bicyclic) bond motifs is 1. The second kappa shape index (κ2) is 8.94. The molecule has 29 heavy (non-hydrogen) atoms. The van der Waals surface area contributed by atoms with Crippen molar-refractivity contribution < 1.29 is 14.0 Å². The van der Waals surface area contributed by atoms with Gasteiger partial charge in [0, 0.05) is 18.7 Å². The number of amides is 2. The minimum absolute atomic E-state index is 0.165. The molecule has 2 N–H and O–H groups in total. The van der Waals surface area contributed by atoms with Crippen molar-refractivity contribution in [2.45, 2.75) is 56.5 Å². The van der Waals surface area contributed by atoms with E-state index in [2.05, 4.69) is 25.4 Å². The Morgan fingerprint density at radius 3 is 2.86 bits per heavy atom. The second-order valence-electron chi connectivity index (χ2n) is 7.43. The molecule has 2 aliphatic heterocycles. The van der Waals surface area contributed by atoms with Gasteiger partial charge in [0.25, 0.3) is 0 Å². The molecule has 0 radical (unpaired) electrons. The van der Waals surface area contributed by atoms with Crippen molar-refractivity contribution in [3.05, 3.63) is 47.3 Å². The summed E-state index contributed by atoms with van der Waals surface area (Å²) in [5.41, 5.74) is 0.898.